The fourth-order valence-electron chi connectivity index (χ4n) is 1.71. The molecule has 0 aliphatic rings. The Morgan fingerprint density at radius 3 is 3.00 bits per heavy atom. The number of pyridine rings is 1. The standard InChI is InChI=1S/C12H7ClN2O2/c13-11-8(2-1-5-14-11)7-3-4-9-10(6-7)17-12(16)15-9/h1-6H,(H,15,16). The minimum Gasteiger partial charge on any atom is -0.408 e. The molecule has 0 spiro atoms. The van der Waals surface area contributed by atoms with E-state index in [0.717, 1.165) is 11.1 Å². The van der Waals surface area contributed by atoms with Crippen LogP contribution in [0.2, 0.25) is 5.15 Å². The van der Waals surface area contributed by atoms with Crippen LogP contribution in [0.15, 0.2) is 45.7 Å². The zero-order valence-electron chi connectivity index (χ0n) is 8.61. The summed E-state index contributed by atoms with van der Waals surface area (Å²) in [6.45, 7) is 0. The average molecular weight is 247 g/mol. The molecule has 0 amide bonds. The van der Waals surface area contributed by atoms with Gasteiger partial charge >= 0.3 is 5.76 Å². The number of halogens is 1. The molecule has 0 bridgehead atoms. The predicted molar refractivity (Wildman–Crippen MR) is 65.1 cm³/mol. The molecule has 4 nitrogen and oxygen atoms in total. The van der Waals surface area contributed by atoms with Crippen molar-refractivity contribution in [2.75, 3.05) is 0 Å². The SMILES string of the molecule is O=c1[nH]c2ccc(-c3cccnc3Cl)cc2o1. The van der Waals surface area contributed by atoms with Crippen LogP contribution in [-0.4, -0.2) is 9.97 Å². The first-order valence-corrected chi connectivity index (χ1v) is 5.35. The first-order chi connectivity index (χ1) is 8.24. The lowest BCUT2D eigenvalue weighted by molar-refractivity contribution is 0.555. The topological polar surface area (TPSA) is 58.9 Å². The number of fused-ring (bicyclic) bond motifs is 1. The third-order valence-electron chi connectivity index (χ3n) is 2.49. The Kier molecular flexibility index (Phi) is 2.23. The molecule has 2 heterocycles. The van der Waals surface area contributed by atoms with E-state index in [0.29, 0.717) is 16.3 Å². The number of hydrogen-bond acceptors (Lipinski definition) is 3. The summed E-state index contributed by atoms with van der Waals surface area (Å²) in [5.41, 5.74) is 2.84. The molecule has 3 rings (SSSR count). The molecule has 0 saturated carbocycles. The minimum atomic E-state index is -0.463. The molecule has 0 atom stereocenters. The number of oxazole rings is 1. The lowest BCUT2D eigenvalue weighted by Gasteiger charge is -2.02. The zero-order chi connectivity index (χ0) is 11.8. The number of benzene rings is 1. The largest absolute Gasteiger partial charge is 0.417 e. The number of hydrogen-bond donors (Lipinski definition) is 1. The number of aromatic amines is 1. The summed E-state index contributed by atoms with van der Waals surface area (Å²) in [5, 5.41) is 0.421. The molecule has 1 aromatic carbocycles. The molecule has 2 aromatic heterocycles. The first-order valence-electron chi connectivity index (χ1n) is 4.98. The lowest BCUT2D eigenvalue weighted by Crippen LogP contribution is -1.92. The van der Waals surface area contributed by atoms with Gasteiger partial charge in [0.1, 0.15) is 5.15 Å². The molecule has 0 unspecified atom stereocenters. The van der Waals surface area contributed by atoms with Gasteiger partial charge in [-0.3, -0.25) is 4.98 Å². The van der Waals surface area contributed by atoms with E-state index in [4.69, 9.17) is 16.0 Å². The van der Waals surface area contributed by atoms with Gasteiger partial charge in [-0.1, -0.05) is 17.7 Å². The van der Waals surface area contributed by atoms with Gasteiger partial charge in [-0.05, 0) is 29.8 Å². The number of nitrogens with one attached hydrogen (secondary N) is 1. The maximum absolute atomic E-state index is 11.0. The summed E-state index contributed by atoms with van der Waals surface area (Å²) < 4.78 is 5.00. The van der Waals surface area contributed by atoms with Gasteiger partial charge in [0.25, 0.3) is 0 Å². The van der Waals surface area contributed by atoms with Crippen molar-refractivity contribution in [1.29, 1.82) is 0 Å². The summed E-state index contributed by atoms with van der Waals surface area (Å²) in [7, 11) is 0. The number of rotatable bonds is 1. The lowest BCUT2D eigenvalue weighted by atomic mass is 10.1. The fraction of sp³-hybridized carbons (Fsp3) is 0. The molecule has 0 radical (unpaired) electrons. The van der Waals surface area contributed by atoms with Crippen molar-refractivity contribution in [3.8, 4) is 11.1 Å². The van der Waals surface area contributed by atoms with Gasteiger partial charge in [0, 0.05) is 11.8 Å². The van der Waals surface area contributed by atoms with Crippen LogP contribution in [0.5, 0.6) is 0 Å². The Hall–Kier alpha value is -2.07. The smallest absolute Gasteiger partial charge is 0.408 e. The van der Waals surface area contributed by atoms with Crippen LogP contribution >= 0.6 is 11.6 Å². The van der Waals surface area contributed by atoms with Gasteiger partial charge in [0.05, 0.1) is 5.52 Å². The second kappa shape index (κ2) is 3.75. The number of aromatic nitrogens is 2. The van der Waals surface area contributed by atoms with E-state index in [9.17, 15) is 4.79 Å². The Balaban J connectivity index is 2.24. The molecular weight excluding hydrogens is 240 g/mol. The molecule has 17 heavy (non-hydrogen) atoms. The summed E-state index contributed by atoms with van der Waals surface area (Å²) in [5.74, 6) is -0.463. The van der Waals surface area contributed by atoms with Gasteiger partial charge in [-0.2, -0.15) is 0 Å². The average Bonchev–Trinajstić information content (AvgIpc) is 2.68. The van der Waals surface area contributed by atoms with Gasteiger partial charge < -0.3 is 4.42 Å². The van der Waals surface area contributed by atoms with Gasteiger partial charge in [-0.25, -0.2) is 9.78 Å². The monoisotopic (exact) mass is 246 g/mol. The third-order valence-corrected chi connectivity index (χ3v) is 2.79. The minimum absolute atomic E-state index is 0.421. The van der Waals surface area contributed by atoms with Crippen molar-refractivity contribution in [3.63, 3.8) is 0 Å². The van der Waals surface area contributed by atoms with Crippen LogP contribution in [0, 0.1) is 0 Å². The quantitative estimate of drug-likeness (QED) is 0.672. The number of nitrogens with zero attached hydrogens (tertiary/aromatic N) is 1. The Morgan fingerprint density at radius 1 is 1.29 bits per heavy atom. The summed E-state index contributed by atoms with van der Waals surface area (Å²) in [6, 6.07) is 9.06. The van der Waals surface area contributed by atoms with Gasteiger partial charge in [0.15, 0.2) is 5.58 Å². The van der Waals surface area contributed by atoms with Crippen molar-refractivity contribution in [2.45, 2.75) is 0 Å². The Bertz CT molecular complexity index is 745. The first kappa shape index (κ1) is 10.1. The van der Waals surface area contributed by atoms with Crippen LogP contribution in [-0.2, 0) is 0 Å². The summed E-state index contributed by atoms with van der Waals surface area (Å²) in [4.78, 5) is 17.6. The second-order valence-corrected chi connectivity index (χ2v) is 3.93. The Labute approximate surface area is 101 Å². The van der Waals surface area contributed by atoms with Crippen LogP contribution in [0.25, 0.3) is 22.2 Å². The van der Waals surface area contributed by atoms with Crippen LogP contribution in [0.1, 0.15) is 0 Å². The highest BCUT2D eigenvalue weighted by molar-refractivity contribution is 6.32. The van der Waals surface area contributed by atoms with Crippen molar-refractivity contribution in [3.05, 3.63) is 52.2 Å². The molecule has 0 saturated heterocycles. The van der Waals surface area contributed by atoms with E-state index < -0.39 is 5.76 Å². The predicted octanol–water partition coefficient (Wildman–Crippen LogP) is 2.84. The molecule has 0 aliphatic heterocycles. The molecule has 1 N–H and O–H groups in total. The highest BCUT2D eigenvalue weighted by Gasteiger charge is 2.07. The van der Waals surface area contributed by atoms with E-state index in [1.165, 1.54) is 0 Å². The van der Waals surface area contributed by atoms with E-state index in [2.05, 4.69) is 9.97 Å². The van der Waals surface area contributed by atoms with Gasteiger partial charge in [0.2, 0.25) is 0 Å². The molecule has 0 aliphatic carbocycles. The third kappa shape index (κ3) is 1.72. The van der Waals surface area contributed by atoms with E-state index in [1.807, 2.05) is 12.1 Å². The van der Waals surface area contributed by atoms with Crippen LogP contribution < -0.4 is 5.76 Å². The normalized spacial score (nSPS) is 10.9. The van der Waals surface area contributed by atoms with Crippen molar-refractivity contribution in [2.24, 2.45) is 0 Å². The highest BCUT2D eigenvalue weighted by atomic mass is 35.5. The van der Waals surface area contributed by atoms with E-state index >= 15 is 0 Å². The van der Waals surface area contributed by atoms with Crippen molar-refractivity contribution in [1.82, 2.24) is 9.97 Å². The molecule has 5 heteroatoms. The summed E-state index contributed by atoms with van der Waals surface area (Å²) in [6.07, 6.45) is 1.63. The van der Waals surface area contributed by atoms with Crippen molar-refractivity contribution < 1.29 is 4.42 Å². The van der Waals surface area contributed by atoms with Crippen LogP contribution in [0.4, 0.5) is 0 Å². The molecule has 0 fully saturated rings. The highest BCUT2D eigenvalue weighted by Crippen LogP contribution is 2.27. The fourth-order valence-corrected chi connectivity index (χ4v) is 1.94. The molecular formula is C12H7ClN2O2. The maximum Gasteiger partial charge on any atom is 0.417 e. The zero-order valence-corrected chi connectivity index (χ0v) is 9.36. The second-order valence-electron chi connectivity index (χ2n) is 3.57. The molecule has 3 aromatic rings. The van der Waals surface area contributed by atoms with E-state index in [1.54, 1.807) is 24.4 Å². The Morgan fingerprint density at radius 2 is 2.18 bits per heavy atom. The summed E-state index contributed by atoms with van der Waals surface area (Å²) >= 11 is 6.00. The number of H-pyrrole nitrogens is 1. The maximum atomic E-state index is 11.0. The van der Waals surface area contributed by atoms with Crippen molar-refractivity contribution >= 4 is 22.7 Å². The molecule has 84 valence electrons. The van der Waals surface area contributed by atoms with E-state index in [-0.39, 0.29) is 0 Å². The van der Waals surface area contributed by atoms with Crippen LogP contribution in [0.3, 0.4) is 0 Å². The van der Waals surface area contributed by atoms with Gasteiger partial charge in [-0.15, -0.1) is 0 Å².